The van der Waals surface area contributed by atoms with E-state index in [2.05, 4.69) is 10.4 Å². The molecule has 0 aromatic carbocycles. The Morgan fingerprint density at radius 1 is 1.57 bits per heavy atom. The summed E-state index contributed by atoms with van der Waals surface area (Å²) in [5.41, 5.74) is 2.47. The molecule has 0 radical (unpaired) electrons. The molecule has 0 spiro atoms. The lowest BCUT2D eigenvalue weighted by atomic mass is 10.3. The first-order chi connectivity index (χ1) is 6.88. The predicted molar refractivity (Wildman–Crippen MR) is 51.9 cm³/mol. The number of nitrogens with zero attached hydrogens (tertiary/aromatic N) is 1. The van der Waals surface area contributed by atoms with Gasteiger partial charge in [0.1, 0.15) is 11.9 Å². The van der Waals surface area contributed by atoms with Crippen LogP contribution in [0, 0.1) is 0 Å². The van der Waals surface area contributed by atoms with Gasteiger partial charge >= 0.3 is 0 Å². The molecule has 0 saturated carbocycles. The Labute approximate surface area is 82.2 Å². The lowest BCUT2D eigenvalue weighted by molar-refractivity contribution is 0.138. The average Bonchev–Trinajstić information content (AvgIpc) is 2.71. The van der Waals surface area contributed by atoms with Crippen LogP contribution in [0.1, 0.15) is 6.42 Å². The van der Waals surface area contributed by atoms with E-state index >= 15 is 0 Å². The minimum absolute atomic E-state index is 0.121. The van der Waals surface area contributed by atoms with E-state index in [-0.39, 0.29) is 6.10 Å². The van der Waals surface area contributed by atoms with Gasteiger partial charge in [-0.25, -0.2) is 5.84 Å². The molecule has 1 saturated heterocycles. The van der Waals surface area contributed by atoms with Crippen LogP contribution in [0.4, 0.5) is 5.82 Å². The summed E-state index contributed by atoms with van der Waals surface area (Å²) in [7, 11) is 0. The average molecular weight is 195 g/mol. The fraction of sp³-hybridized carbons (Fsp3) is 0.444. The molecule has 1 fully saturated rings. The lowest BCUT2D eigenvalue weighted by Gasteiger charge is -2.11. The number of hydrogen-bond donors (Lipinski definition) is 2. The molecular formula is C9H13N3O2. The summed E-state index contributed by atoms with van der Waals surface area (Å²) in [6.45, 7) is 1.40. The van der Waals surface area contributed by atoms with Gasteiger partial charge in [0.2, 0.25) is 5.88 Å². The summed E-state index contributed by atoms with van der Waals surface area (Å²) in [5, 5.41) is 0. The zero-order valence-corrected chi connectivity index (χ0v) is 7.77. The van der Waals surface area contributed by atoms with Crippen molar-refractivity contribution in [1.29, 1.82) is 0 Å². The van der Waals surface area contributed by atoms with Crippen LogP contribution in [0.5, 0.6) is 5.88 Å². The van der Waals surface area contributed by atoms with Crippen LogP contribution in [0.3, 0.4) is 0 Å². The van der Waals surface area contributed by atoms with Crippen LogP contribution < -0.4 is 16.0 Å². The van der Waals surface area contributed by atoms with Crippen LogP contribution in [0.2, 0.25) is 0 Å². The largest absolute Gasteiger partial charge is 0.472 e. The lowest BCUT2D eigenvalue weighted by Crippen LogP contribution is -2.17. The van der Waals surface area contributed by atoms with Crippen LogP contribution >= 0.6 is 0 Å². The van der Waals surface area contributed by atoms with Crippen molar-refractivity contribution in [2.24, 2.45) is 5.84 Å². The molecule has 1 unspecified atom stereocenters. The number of nitrogen functional groups attached to an aromatic ring is 1. The Hall–Kier alpha value is -1.33. The molecule has 76 valence electrons. The third-order valence-electron chi connectivity index (χ3n) is 2.05. The normalized spacial score (nSPS) is 20.8. The van der Waals surface area contributed by atoms with Gasteiger partial charge in [0.25, 0.3) is 0 Å². The topological polar surface area (TPSA) is 69.4 Å². The van der Waals surface area contributed by atoms with Gasteiger partial charge in [0.05, 0.1) is 13.2 Å². The monoisotopic (exact) mass is 195 g/mol. The third-order valence-corrected chi connectivity index (χ3v) is 2.05. The second-order valence-electron chi connectivity index (χ2n) is 3.11. The number of ether oxygens (including phenoxy) is 2. The minimum atomic E-state index is 0.121. The van der Waals surface area contributed by atoms with Crippen molar-refractivity contribution in [1.82, 2.24) is 4.98 Å². The van der Waals surface area contributed by atoms with Gasteiger partial charge in [-0.05, 0) is 6.07 Å². The highest BCUT2D eigenvalue weighted by Crippen LogP contribution is 2.15. The first kappa shape index (κ1) is 9.23. The quantitative estimate of drug-likeness (QED) is 0.544. The van der Waals surface area contributed by atoms with Crippen molar-refractivity contribution in [3.63, 3.8) is 0 Å². The summed E-state index contributed by atoms with van der Waals surface area (Å²) in [6, 6.07) is 5.42. The van der Waals surface area contributed by atoms with Crippen molar-refractivity contribution in [3.8, 4) is 5.88 Å². The fourth-order valence-corrected chi connectivity index (χ4v) is 1.34. The van der Waals surface area contributed by atoms with Crippen molar-refractivity contribution < 1.29 is 9.47 Å². The van der Waals surface area contributed by atoms with E-state index < -0.39 is 0 Å². The number of aromatic nitrogens is 1. The van der Waals surface area contributed by atoms with Gasteiger partial charge in [-0.15, -0.1) is 0 Å². The molecule has 0 aliphatic carbocycles. The highest BCUT2D eigenvalue weighted by Gasteiger charge is 2.17. The van der Waals surface area contributed by atoms with Crippen molar-refractivity contribution in [2.45, 2.75) is 12.5 Å². The summed E-state index contributed by atoms with van der Waals surface area (Å²) in [5.74, 6) is 6.41. The molecule has 1 aliphatic heterocycles. The number of rotatable bonds is 3. The van der Waals surface area contributed by atoms with Crippen LogP contribution in [-0.4, -0.2) is 24.3 Å². The van der Waals surface area contributed by atoms with Gasteiger partial charge in [-0.1, -0.05) is 6.07 Å². The van der Waals surface area contributed by atoms with Crippen LogP contribution in [-0.2, 0) is 4.74 Å². The minimum Gasteiger partial charge on any atom is -0.472 e. The maximum absolute atomic E-state index is 5.59. The molecule has 0 amide bonds. The molecule has 5 nitrogen and oxygen atoms in total. The van der Waals surface area contributed by atoms with Gasteiger partial charge in [0, 0.05) is 12.5 Å². The van der Waals surface area contributed by atoms with Crippen LogP contribution in [0.25, 0.3) is 0 Å². The SMILES string of the molecule is NNc1cccc(OC2CCOC2)n1. The number of anilines is 1. The maximum atomic E-state index is 5.59. The Morgan fingerprint density at radius 2 is 2.50 bits per heavy atom. The fourth-order valence-electron chi connectivity index (χ4n) is 1.34. The van der Waals surface area contributed by atoms with Gasteiger partial charge in [-0.2, -0.15) is 4.98 Å². The van der Waals surface area contributed by atoms with E-state index in [0.717, 1.165) is 13.0 Å². The standard InChI is InChI=1S/C9H13N3O2/c10-12-8-2-1-3-9(11-8)14-7-4-5-13-6-7/h1-3,7H,4-6,10H2,(H,11,12). The van der Waals surface area contributed by atoms with Gasteiger partial charge in [-0.3, -0.25) is 0 Å². The first-order valence-corrected chi connectivity index (χ1v) is 4.56. The third kappa shape index (κ3) is 2.12. The van der Waals surface area contributed by atoms with E-state index in [0.29, 0.717) is 18.3 Å². The second-order valence-corrected chi connectivity index (χ2v) is 3.11. The van der Waals surface area contributed by atoms with Crippen molar-refractivity contribution in [3.05, 3.63) is 18.2 Å². The summed E-state index contributed by atoms with van der Waals surface area (Å²) in [4.78, 5) is 4.14. The Balaban J connectivity index is 2.00. The zero-order chi connectivity index (χ0) is 9.80. The summed E-state index contributed by atoms with van der Waals surface area (Å²) < 4.78 is 10.8. The van der Waals surface area contributed by atoms with E-state index in [1.165, 1.54) is 0 Å². The molecule has 2 rings (SSSR count). The van der Waals surface area contributed by atoms with Crippen LogP contribution in [0.15, 0.2) is 18.2 Å². The van der Waals surface area contributed by atoms with E-state index in [1.807, 2.05) is 6.07 Å². The van der Waals surface area contributed by atoms with E-state index in [9.17, 15) is 0 Å². The number of nitrogens with two attached hydrogens (primary N) is 1. The predicted octanol–water partition coefficient (Wildman–Crippen LogP) is 0.535. The second kappa shape index (κ2) is 4.26. The Bertz CT molecular complexity index is 300. The summed E-state index contributed by atoms with van der Waals surface area (Å²) >= 11 is 0. The molecule has 1 aliphatic rings. The molecule has 1 aromatic rings. The van der Waals surface area contributed by atoms with E-state index in [1.54, 1.807) is 12.1 Å². The van der Waals surface area contributed by atoms with E-state index in [4.69, 9.17) is 15.3 Å². The van der Waals surface area contributed by atoms with Crippen molar-refractivity contribution >= 4 is 5.82 Å². The molecule has 3 N–H and O–H groups in total. The number of nitrogens with one attached hydrogen (secondary N) is 1. The maximum Gasteiger partial charge on any atom is 0.215 e. The van der Waals surface area contributed by atoms with Crippen molar-refractivity contribution in [2.75, 3.05) is 18.6 Å². The zero-order valence-electron chi connectivity index (χ0n) is 7.77. The smallest absolute Gasteiger partial charge is 0.215 e. The highest BCUT2D eigenvalue weighted by atomic mass is 16.5. The number of hydrazine groups is 1. The molecule has 14 heavy (non-hydrogen) atoms. The molecule has 5 heteroatoms. The molecule has 1 atom stereocenters. The Morgan fingerprint density at radius 3 is 3.21 bits per heavy atom. The van der Waals surface area contributed by atoms with Gasteiger partial charge in [0.15, 0.2) is 0 Å². The highest BCUT2D eigenvalue weighted by molar-refractivity contribution is 5.35. The molecule has 0 bridgehead atoms. The molecular weight excluding hydrogens is 182 g/mol. The van der Waals surface area contributed by atoms with Gasteiger partial charge < -0.3 is 14.9 Å². The Kier molecular flexibility index (Phi) is 2.81. The molecule has 1 aromatic heterocycles. The first-order valence-electron chi connectivity index (χ1n) is 4.56. The summed E-state index contributed by atoms with van der Waals surface area (Å²) in [6.07, 6.45) is 1.04. The molecule has 2 heterocycles. The number of hydrogen-bond acceptors (Lipinski definition) is 5. The number of pyridine rings is 1.